The average molecular weight is 431 g/mol. The summed E-state index contributed by atoms with van der Waals surface area (Å²) in [6.07, 6.45) is 1.71. The third-order valence-corrected chi connectivity index (χ3v) is 5.88. The van der Waals surface area contributed by atoms with Gasteiger partial charge in [-0.15, -0.1) is 0 Å². The Morgan fingerprint density at radius 2 is 1.64 bits per heavy atom. The molecular weight excluding hydrogens is 410 g/mol. The Bertz CT molecular complexity index is 1610. The molecule has 0 unspecified atom stereocenters. The summed E-state index contributed by atoms with van der Waals surface area (Å²) in [5.41, 5.74) is 6.92. The Morgan fingerprint density at radius 1 is 0.788 bits per heavy atom. The summed E-state index contributed by atoms with van der Waals surface area (Å²) in [4.78, 5) is 4.24. The Balaban J connectivity index is 1.40. The van der Waals surface area contributed by atoms with Crippen LogP contribution in [0.2, 0.25) is 0 Å². The van der Waals surface area contributed by atoms with Crippen LogP contribution in [0.3, 0.4) is 0 Å². The summed E-state index contributed by atoms with van der Waals surface area (Å²) in [6.45, 7) is 4.13. The number of hydrogen-bond acceptors (Lipinski definition) is 4. The first-order chi connectivity index (χ1) is 16.2. The predicted molar refractivity (Wildman–Crippen MR) is 130 cm³/mol. The number of benzene rings is 3. The Labute approximate surface area is 190 Å². The van der Waals surface area contributed by atoms with Gasteiger partial charge in [-0.1, -0.05) is 36.4 Å². The zero-order valence-corrected chi connectivity index (χ0v) is 18.3. The molecule has 3 aromatic heterocycles. The van der Waals surface area contributed by atoms with Gasteiger partial charge in [0.25, 0.3) is 0 Å². The first-order valence-corrected chi connectivity index (χ1v) is 10.8. The predicted octanol–water partition coefficient (Wildman–Crippen LogP) is 7.24. The maximum Gasteiger partial charge on any atom is 0.219 e. The molecule has 3 aromatic carbocycles. The number of rotatable bonds is 4. The topological polar surface area (TPSA) is 53.1 Å². The molecule has 0 aliphatic rings. The van der Waals surface area contributed by atoms with Gasteiger partial charge in [-0.05, 0) is 55.8 Å². The molecule has 6 aromatic rings. The number of pyridine rings is 1. The smallest absolute Gasteiger partial charge is 0.219 e. The second-order valence-corrected chi connectivity index (χ2v) is 8.03. The molecule has 0 radical (unpaired) electrons. The summed E-state index contributed by atoms with van der Waals surface area (Å²) in [5.74, 6) is 1.27. The van der Waals surface area contributed by atoms with Crippen LogP contribution in [0.25, 0.3) is 38.8 Å². The van der Waals surface area contributed by atoms with Crippen molar-refractivity contribution in [3.63, 3.8) is 0 Å². The van der Waals surface area contributed by atoms with Crippen molar-refractivity contribution < 1.29 is 9.15 Å². The van der Waals surface area contributed by atoms with Crippen LogP contribution in [0.1, 0.15) is 11.4 Å². The van der Waals surface area contributed by atoms with Gasteiger partial charge in [0.15, 0.2) is 0 Å². The van der Waals surface area contributed by atoms with E-state index >= 15 is 0 Å². The number of fused-ring (bicyclic) bond motifs is 3. The van der Waals surface area contributed by atoms with Gasteiger partial charge in [-0.3, -0.25) is 0 Å². The van der Waals surface area contributed by atoms with Crippen molar-refractivity contribution in [2.75, 3.05) is 0 Å². The quantitative estimate of drug-likeness (QED) is 0.295. The van der Waals surface area contributed by atoms with Gasteiger partial charge in [0.05, 0.1) is 11.4 Å². The van der Waals surface area contributed by atoms with E-state index in [-0.39, 0.29) is 0 Å². The van der Waals surface area contributed by atoms with Crippen LogP contribution < -0.4 is 4.74 Å². The van der Waals surface area contributed by atoms with Gasteiger partial charge in [-0.2, -0.15) is 5.10 Å². The lowest BCUT2D eigenvalue weighted by Gasteiger charge is -2.09. The minimum absolute atomic E-state index is 0.558. The van der Waals surface area contributed by atoms with Gasteiger partial charge in [0.2, 0.25) is 5.88 Å². The molecule has 0 fully saturated rings. The summed E-state index contributed by atoms with van der Waals surface area (Å²) < 4.78 is 14.0. The van der Waals surface area contributed by atoms with E-state index in [0.29, 0.717) is 11.6 Å². The van der Waals surface area contributed by atoms with Crippen molar-refractivity contribution >= 4 is 21.9 Å². The highest BCUT2D eigenvalue weighted by molar-refractivity contribution is 6.05. The molecule has 33 heavy (non-hydrogen) atoms. The Kier molecular flexibility index (Phi) is 4.47. The summed E-state index contributed by atoms with van der Waals surface area (Å²) in [7, 11) is 0. The van der Waals surface area contributed by atoms with Crippen molar-refractivity contribution in [1.82, 2.24) is 14.8 Å². The van der Waals surface area contributed by atoms with Crippen LogP contribution in [0.4, 0.5) is 0 Å². The summed E-state index contributed by atoms with van der Waals surface area (Å²) >= 11 is 0. The van der Waals surface area contributed by atoms with Crippen LogP contribution >= 0.6 is 0 Å². The fraction of sp³-hybridized carbons (Fsp3) is 0.0714. The van der Waals surface area contributed by atoms with E-state index in [1.165, 1.54) is 0 Å². The van der Waals surface area contributed by atoms with Crippen LogP contribution in [0.5, 0.6) is 11.6 Å². The second-order valence-electron chi connectivity index (χ2n) is 8.03. The number of nitrogens with zero attached hydrogens (tertiary/aromatic N) is 3. The highest BCUT2D eigenvalue weighted by Gasteiger charge is 2.17. The fourth-order valence-electron chi connectivity index (χ4n) is 4.40. The van der Waals surface area contributed by atoms with E-state index < -0.39 is 0 Å². The standard InChI is InChI=1S/C28H21N3O2/c1-18-28(20-13-14-24-23-10-3-4-11-25(23)33-26(24)16-20)19(2)31(30-18)21-8-7-9-22(17-21)32-27-12-5-6-15-29-27/h3-17H,1-2H3. The van der Waals surface area contributed by atoms with E-state index in [0.717, 1.165) is 50.1 Å². The number of para-hydroxylation sites is 1. The Hall–Kier alpha value is -4.38. The van der Waals surface area contributed by atoms with E-state index in [9.17, 15) is 0 Å². The van der Waals surface area contributed by atoms with E-state index in [4.69, 9.17) is 14.3 Å². The minimum atomic E-state index is 0.558. The highest BCUT2D eigenvalue weighted by Crippen LogP contribution is 2.35. The maximum absolute atomic E-state index is 6.11. The maximum atomic E-state index is 6.11. The molecule has 160 valence electrons. The number of aromatic nitrogens is 3. The molecule has 3 heterocycles. The molecule has 0 aliphatic heterocycles. The van der Waals surface area contributed by atoms with Gasteiger partial charge >= 0.3 is 0 Å². The molecule has 0 N–H and O–H groups in total. The molecule has 0 saturated heterocycles. The summed E-state index contributed by atoms with van der Waals surface area (Å²) in [5, 5.41) is 7.10. The lowest BCUT2D eigenvalue weighted by Crippen LogP contribution is -1.99. The van der Waals surface area contributed by atoms with Crippen LogP contribution in [-0.2, 0) is 0 Å². The largest absolute Gasteiger partial charge is 0.456 e. The molecule has 0 bridgehead atoms. The molecule has 0 aliphatic carbocycles. The highest BCUT2D eigenvalue weighted by atomic mass is 16.5. The normalized spacial score (nSPS) is 11.3. The molecule has 6 rings (SSSR count). The van der Waals surface area contributed by atoms with E-state index in [2.05, 4.69) is 36.2 Å². The number of ether oxygens (including phenoxy) is 1. The summed E-state index contributed by atoms with van der Waals surface area (Å²) in [6, 6.07) is 28.0. The van der Waals surface area contributed by atoms with Crippen molar-refractivity contribution in [1.29, 1.82) is 0 Å². The zero-order valence-electron chi connectivity index (χ0n) is 18.3. The first kappa shape index (κ1) is 19.3. The van der Waals surface area contributed by atoms with E-state index in [1.807, 2.05) is 72.3 Å². The van der Waals surface area contributed by atoms with Gasteiger partial charge < -0.3 is 9.15 Å². The van der Waals surface area contributed by atoms with Crippen molar-refractivity contribution in [3.8, 4) is 28.4 Å². The van der Waals surface area contributed by atoms with Crippen LogP contribution in [0, 0.1) is 13.8 Å². The van der Waals surface area contributed by atoms with Crippen molar-refractivity contribution in [3.05, 3.63) is 103 Å². The Morgan fingerprint density at radius 3 is 2.52 bits per heavy atom. The lowest BCUT2D eigenvalue weighted by atomic mass is 10.0. The zero-order chi connectivity index (χ0) is 22.4. The van der Waals surface area contributed by atoms with E-state index in [1.54, 1.807) is 6.20 Å². The molecule has 5 heteroatoms. The lowest BCUT2D eigenvalue weighted by molar-refractivity contribution is 0.462. The third-order valence-electron chi connectivity index (χ3n) is 5.88. The third kappa shape index (κ3) is 3.34. The molecule has 0 atom stereocenters. The number of aryl methyl sites for hydroxylation is 1. The number of furan rings is 1. The molecule has 0 amide bonds. The van der Waals surface area contributed by atoms with Crippen LogP contribution in [0.15, 0.2) is 95.5 Å². The average Bonchev–Trinajstić information content (AvgIpc) is 3.35. The first-order valence-electron chi connectivity index (χ1n) is 10.8. The second kappa shape index (κ2) is 7.64. The monoisotopic (exact) mass is 431 g/mol. The number of hydrogen-bond donors (Lipinski definition) is 0. The molecule has 0 saturated carbocycles. The van der Waals surface area contributed by atoms with Gasteiger partial charge in [-0.25, -0.2) is 9.67 Å². The molecule has 0 spiro atoms. The van der Waals surface area contributed by atoms with Gasteiger partial charge in [0.1, 0.15) is 16.9 Å². The van der Waals surface area contributed by atoms with Gasteiger partial charge in [0, 0.05) is 40.4 Å². The molecule has 5 nitrogen and oxygen atoms in total. The SMILES string of the molecule is Cc1nn(-c2cccc(Oc3ccccn3)c2)c(C)c1-c1ccc2c(c1)oc1ccccc12. The van der Waals surface area contributed by atoms with Crippen LogP contribution in [-0.4, -0.2) is 14.8 Å². The van der Waals surface area contributed by atoms with Crippen molar-refractivity contribution in [2.24, 2.45) is 0 Å². The molecular formula is C28H21N3O2. The fourth-order valence-corrected chi connectivity index (χ4v) is 4.40. The van der Waals surface area contributed by atoms with Crippen molar-refractivity contribution in [2.45, 2.75) is 13.8 Å². The minimum Gasteiger partial charge on any atom is -0.456 e.